The second-order valence-electron chi connectivity index (χ2n) is 7.51. The fourth-order valence-corrected chi connectivity index (χ4v) is 4.03. The summed E-state index contributed by atoms with van der Waals surface area (Å²) in [6.07, 6.45) is 6.83. The first kappa shape index (κ1) is 20.5. The number of halogens is 1. The Hall–Kier alpha value is -0.850. The topological polar surface area (TPSA) is 70.7 Å². The maximum Gasteiger partial charge on any atom is 0.237 e. The van der Waals surface area contributed by atoms with Crippen molar-refractivity contribution in [3.8, 4) is 0 Å². The first-order valence-corrected chi connectivity index (χ1v) is 9.59. The SMILES string of the molecule is Cl.O=C(NCC1CCCN(C(=O)CCC2CCOC2)C1)C1CCCN1. The molecule has 0 aromatic carbocycles. The molecule has 0 aromatic rings. The lowest BCUT2D eigenvalue weighted by Crippen LogP contribution is -2.46. The number of rotatable bonds is 6. The minimum absolute atomic E-state index is 0. The molecule has 7 heteroatoms. The number of nitrogens with zero attached hydrogens (tertiary/aromatic N) is 1. The molecule has 3 unspecified atom stereocenters. The second-order valence-corrected chi connectivity index (χ2v) is 7.51. The van der Waals surface area contributed by atoms with Gasteiger partial charge in [0.1, 0.15) is 0 Å². The van der Waals surface area contributed by atoms with Gasteiger partial charge < -0.3 is 20.3 Å². The van der Waals surface area contributed by atoms with Gasteiger partial charge in [0, 0.05) is 39.3 Å². The van der Waals surface area contributed by atoms with Gasteiger partial charge in [-0.25, -0.2) is 0 Å². The zero-order valence-electron chi connectivity index (χ0n) is 15.0. The largest absolute Gasteiger partial charge is 0.381 e. The van der Waals surface area contributed by atoms with Crippen molar-refractivity contribution in [1.29, 1.82) is 0 Å². The summed E-state index contributed by atoms with van der Waals surface area (Å²) >= 11 is 0. The average Bonchev–Trinajstić information content (AvgIpc) is 3.31. The number of carbonyl (C=O) groups is 2. The summed E-state index contributed by atoms with van der Waals surface area (Å²) in [4.78, 5) is 26.5. The molecule has 3 aliphatic heterocycles. The molecule has 3 aliphatic rings. The minimum Gasteiger partial charge on any atom is -0.381 e. The monoisotopic (exact) mass is 373 g/mol. The maximum atomic E-state index is 12.4. The molecule has 3 rings (SSSR count). The third-order valence-corrected chi connectivity index (χ3v) is 5.60. The van der Waals surface area contributed by atoms with Crippen molar-refractivity contribution in [2.24, 2.45) is 11.8 Å². The summed E-state index contributed by atoms with van der Waals surface area (Å²) in [5.41, 5.74) is 0. The van der Waals surface area contributed by atoms with Crippen LogP contribution in [0.1, 0.15) is 44.9 Å². The van der Waals surface area contributed by atoms with E-state index >= 15 is 0 Å². The number of piperidine rings is 1. The van der Waals surface area contributed by atoms with Crippen molar-refractivity contribution in [3.63, 3.8) is 0 Å². The predicted octanol–water partition coefficient (Wildman–Crippen LogP) is 1.33. The summed E-state index contributed by atoms with van der Waals surface area (Å²) in [6, 6.07) is -0.0139. The van der Waals surface area contributed by atoms with Gasteiger partial charge in [-0.3, -0.25) is 9.59 Å². The Kier molecular flexibility index (Phi) is 8.46. The van der Waals surface area contributed by atoms with Crippen LogP contribution in [-0.2, 0) is 14.3 Å². The van der Waals surface area contributed by atoms with Gasteiger partial charge in [0.15, 0.2) is 0 Å². The Morgan fingerprint density at radius 1 is 1.16 bits per heavy atom. The lowest BCUT2D eigenvalue weighted by Gasteiger charge is -2.33. The van der Waals surface area contributed by atoms with Crippen LogP contribution in [0, 0.1) is 11.8 Å². The fraction of sp³-hybridized carbons (Fsp3) is 0.889. The van der Waals surface area contributed by atoms with Crippen molar-refractivity contribution in [3.05, 3.63) is 0 Å². The lowest BCUT2D eigenvalue weighted by molar-refractivity contribution is -0.133. The molecule has 0 spiro atoms. The maximum absolute atomic E-state index is 12.4. The Bertz CT molecular complexity index is 437. The van der Waals surface area contributed by atoms with E-state index in [-0.39, 0.29) is 30.3 Å². The fourth-order valence-electron chi connectivity index (χ4n) is 4.03. The second kappa shape index (κ2) is 10.3. The van der Waals surface area contributed by atoms with E-state index in [2.05, 4.69) is 10.6 Å². The van der Waals surface area contributed by atoms with Gasteiger partial charge >= 0.3 is 0 Å². The van der Waals surface area contributed by atoms with Crippen LogP contribution in [0.15, 0.2) is 0 Å². The van der Waals surface area contributed by atoms with Gasteiger partial charge in [-0.05, 0) is 56.9 Å². The van der Waals surface area contributed by atoms with Crippen LogP contribution in [0.4, 0.5) is 0 Å². The lowest BCUT2D eigenvalue weighted by atomic mass is 9.96. The standard InChI is InChI=1S/C18H31N3O3.ClH/c22-17(6-5-14-7-10-24-13-14)21-9-2-3-15(12-21)11-20-18(23)16-4-1-8-19-16;/h14-16,19H,1-13H2,(H,20,23);1H. The molecule has 6 nitrogen and oxygen atoms in total. The van der Waals surface area contributed by atoms with Crippen molar-refractivity contribution in [1.82, 2.24) is 15.5 Å². The van der Waals surface area contributed by atoms with E-state index in [4.69, 9.17) is 4.74 Å². The molecular weight excluding hydrogens is 342 g/mol. The van der Waals surface area contributed by atoms with Crippen LogP contribution in [0.2, 0.25) is 0 Å². The highest BCUT2D eigenvalue weighted by Gasteiger charge is 2.27. The molecule has 3 heterocycles. The van der Waals surface area contributed by atoms with Crippen LogP contribution in [0.25, 0.3) is 0 Å². The van der Waals surface area contributed by atoms with Crippen molar-refractivity contribution in [2.45, 2.75) is 51.0 Å². The molecule has 3 fully saturated rings. The van der Waals surface area contributed by atoms with E-state index in [1.54, 1.807) is 0 Å². The number of carbonyl (C=O) groups excluding carboxylic acids is 2. The molecule has 0 saturated carbocycles. The summed E-state index contributed by atoms with van der Waals surface area (Å²) in [5.74, 6) is 1.35. The van der Waals surface area contributed by atoms with E-state index in [0.717, 1.165) is 71.4 Å². The molecule has 25 heavy (non-hydrogen) atoms. The predicted molar refractivity (Wildman–Crippen MR) is 98.7 cm³/mol. The van der Waals surface area contributed by atoms with Crippen molar-refractivity contribution in [2.75, 3.05) is 39.4 Å². The molecule has 144 valence electrons. The van der Waals surface area contributed by atoms with Crippen molar-refractivity contribution >= 4 is 24.2 Å². The molecule has 0 aromatic heterocycles. The zero-order chi connectivity index (χ0) is 16.8. The molecule has 3 atom stereocenters. The third-order valence-electron chi connectivity index (χ3n) is 5.60. The smallest absolute Gasteiger partial charge is 0.237 e. The number of nitrogens with one attached hydrogen (secondary N) is 2. The van der Waals surface area contributed by atoms with Gasteiger partial charge in [0.05, 0.1) is 6.04 Å². The Labute approximate surface area is 156 Å². The van der Waals surface area contributed by atoms with E-state index < -0.39 is 0 Å². The first-order valence-electron chi connectivity index (χ1n) is 9.59. The van der Waals surface area contributed by atoms with Gasteiger partial charge in [-0.1, -0.05) is 0 Å². The highest BCUT2D eigenvalue weighted by Crippen LogP contribution is 2.21. The highest BCUT2D eigenvalue weighted by atomic mass is 35.5. The van der Waals surface area contributed by atoms with Crippen LogP contribution >= 0.6 is 12.4 Å². The van der Waals surface area contributed by atoms with Crippen LogP contribution < -0.4 is 10.6 Å². The van der Waals surface area contributed by atoms with Gasteiger partial charge in [0.2, 0.25) is 11.8 Å². The Morgan fingerprint density at radius 2 is 2.04 bits per heavy atom. The summed E-state index contributed by atoms with van der Waals surface area (Å²) < 4.78 is 5.38. The van der Waals surface area contributed by atoms with Crippen molar-refractivity contribution < 1.29 is 14.3 Å². The molecule has 0 bridgehead atoms. The van der Waals surface area contributed by atoms with E-state index in [1.807, 2.05) is 4.90 Å². The first-order chi connectivity index (χ1) is 11.7. The van der Waals surface area contributed by atoms with Gasteiger partial charge in [-0.2, -0.15) is 0 Å². The Morgan fingerprint density at radius 3 is 2.76 bits per heavy atom. The third kappa shape index (κ3) is 6.12. The summed E-state index contributed by atoms with van der Waals surface area (Å²) in [7, 11) is 0. The van der Waals surface area contributed by atoms with Crippen LogP contribution in [0.5, 0.6) is 0 Å². The summed E-state index contributed by atoms with van der Waals surface area (Å²) in [6.45, 7) is 4.96. The average molecular weight is 374 g/mol. The van der Waals surface area contributed by atoms with E-state index in [9.17, 15) is 9.59 Å². The zero-order valence-corrected chi connectivity index (χ0v) is 15.8. The van der Waals surface area contributed by atoms with E-state index in [1.165, 1.54) is 0 Å². The quantitative estimate of drug-likeness (QED) is 0.737. The molecule has 0 radical (unpaired) electrons. The highest BCUT2D eigenvalue weighted by molar-refractivity contribution is 5.85. The van der Waals surface area contributed by atoms with Gasteiger partial charge in [-0.15, -0.1) is 12.4 Å². The van der Waals surface area contributed by atoms with Crippen LogP contribution in [-0.4, -0.2) is 62.1 Å². The molecule has 0 aliphatic carbocycles. The minimum atomic E-state index is -0.0139. The number of ether oxygens (including phenoxy) is 1. The number of hydrogen-bond acceptors (Lipinski definition) is 4. The van der Waals surface area contributed by atoms with Crippen LogP contribution in [0.3, 0.4) is 0 Å². The number of hydrogen-bond donors (Lipinski definition) is 2. The molecular formula is C18H32ClN3O3. The number of amides is 2. The number of likely N-dealkylation sites (tertiary alicyclic amines) is 1. The molecule has 2 N–H and O–H groups in total. The molecule has 2 amide bonds. The Balaban J connectivity index is 0.00000225. The molecule has 3 saturated heterocycles. The normalized spacial score (nSPS) is 29.3. The van der Waals surface area contributed by atoms with Gasteiger partial charge in [0.25, 0.3) is 0 Å². The summed E-state index contributed by atoms with van der Waals surface area (Å²) in [5, 5.41) is 6.30. The van der Waals surface area contributed by atoms with E-state index in [0.29, 0.717) is 24.8 Å².